The monoisotopic (exact) mass is 316 g/mol. The lowest BCUT2D eigenvalue weighted by molar-refractivity contribution is 0.603. The molecule has 0 spiro atoms. The van der Waals surface area contributed by atoms with Crippen LogP contribution in [0.2, 0.25) is 0 Å². The maximum atomic E-state index is 4.22. The highest BCUT2D eigenvalue weighted by Gasteiger charge is 2.18. The van der Waals surface area contributed by atoms with Gasteiger partial charge >= 0.3 is 0 Å². The van der Waals surface area contributed by atoms with E-state index in [0.29, 0.717) is 17.2 Å². The number of hydrogen-bond donors (Lipinski definition) is 0. The van der Waals surface area contributed by atoms with Gasteiger partial charge < -0.3 is 4.90 Å². The van der Waals surface area contributed by atoms with Crippen LogP contribution >= 0.6 is 11.3 Å². The van der Waals surface area contributed by atoms with Gasteiger partial charge in [-0.1, -0.05) is 11.3 Å². The Morgan fingerprint density at radius 1 is 0.955 bits per heavy atom. The van der Waals surface area contributed by atoms with Gasteiger partial charge in [0.05, 0.1) is 11.4 Å². The molecule has 2 aromatic rings. The molecule has 0 aliphatic heterocycles. The molecule has 0 radical (unpaired) electrons. The minimum atomic E-state index is 0.358. The third-order valence-electron chi connectivity index (χ3n) is 3.02. The van der Waals surface area contributed by atoms with E-state index >= 15 is 0 Å². The molecule has 0 saturated heterocycles. The number of aliphatic imine (C=N–C) groups is 1. The van der Waals surface area contributed by atoms with Crippen LogP contribution in [-0.4, -0.2) is 29.0 Å². The van der Waals surface area contributed by atoms with Gasteiger partial charge in [0, 0.05) is 12.1 Å². The first kappa shape index (κ1) is 16.2. The predicted octanol–water partition coefficient (Wildman–Crippen LogP) is 4.91. The summed E-state index contributed by atoms with van der Waals surface area (Å²) in [6.07, 6.45) is 0. The average Bonchev–Trinajstić information content (AvgIpc) is 2.93. The second-order valence-corrected chi connectivity index (χ2v) is 6.27. The quantitative estimate of drug-likeness (QED) is 0.562. The number of rotatable bonds is 6. The van der Waals surface area contributed by atoms with E-state index < -0.39 is 0 Å². The zero-order chi connectivity index (χ0) is 16.1. The lowest BCUT2D eigenvalue weighted by atomic mass is 10.2. The van der Waals surface area contributed by atoms with Crippen LogP contribution in [-0.2, 0) is 0 Å². The van der Waals surface area contributed by atoms with E-state index in [0.717, 1.165) is 16.5 Å². The summed E-state index contributed by atoms with van der Waals surface area (Å²) in [6, 6.07) is 8.07. The number of hydrogen-bond acceptors (Lipinski definition) is 7. The van der Waals surface area contributed by atoms with Crippen molar-refractivity contribution in [2.45, 2.75) is 39.8 Å². The third-order valence-corrected chi connectivity index (χ3v) is 3.84. The topological polar surface area (TPSA) is 66.1 Å². The molecule has 22 heavy (non-hydrogen) atoms. The second kappa shape index (κ2) is 7.22. The molecular formula is C15H20N6S. The molecule has 2 rings (SSSR count). The largest absolute Gasteiger partial charge is 0.342 e. The Balaban J connectivity index is 2.13. The summed E-state index contributed by atoms with van der Waals surface area (Å²) in [4.78, 5) is 6.05. The maximum Gasteiger partial charge on any atom is 0.253 e. The van der Waals surface area contributed by atoms with Gasteiger partial charge in [0.25, 0.3) is 5.13 Å². The van der Waals surface area contributed by atoms with Crippen LogP contribution in [0, 0.1) is 0 Å². The van der Waals surface area contributed by atoms with Crippen LogP contribution in [0.4, 0.5) is 21.6 Å². The van der Waals surface area contributed by atoms with Gasteiger partial charge in [0.2, 0.25) is 5.13 Å². The van der Waals surface area contributed by atoms with E-state index in [9.17, 15) is 0 Å². The Kier molecular flexibility index (Phi) is 5.32. The first-order valence-electron chi connectivity index (χ1n) is 7.11. The Morgan fingerprint density at radius 3 is 2.09 bits per heavy atom. The zero-order valence-corrected chi connectivity index (χ0v) is 14.1. The molecule has 7 heteroatoms. The van der Waals surface area contributed by atoms with Crippen molar-refractivity contribution in [3.8, 4) is 0 Å². The van der Waals surface area contributed by atoms with Crippen molar-refractivity contribution in [3.63, 3.8) is 0 Å². The molecule has 6 nitrogen and oxygen atoms in total. The van der Waals surface area contributed by atoms with E-state index in [-0.39, 0.29) is 0 Å². The summed E-state index contributed by atoms with van der Waals surface area (Å²) in [7, 11) is 0. The summed E-state index contributed by atoms with van der Waals surface area (Å²) in [5, 5.41) is 18.0. The fourth-order valence-corrected chi connectivity index (χ4v) is 3.05. The number of nitrogens with zero attached hydrogens (tertiary/aromatic N) is 6. The van der Waals surface area contributed by atoms with E-state index in [1.165, 1.54) is 11.3 Å². The summed E-state index contributed by atoms with van der Waals surface area (Å²) in [5.74, 6) is 0. The Labute approximate surface area is 134 Å². The maximum absolute atomic E-state index is 4.22. The highest BCUT2D eigenvalue weighted by Crippen LogP contribution is 2.30. The van der Waals surface area contributed by atoms with Crippen LogP contribution in [0.15, 0.2) is 39.5 Å². The molecule has 0 bridgehead atoms. The van der Waals surface area contributed by atoms with E-state index in [1.807, 2.05) is 24.3 Å². The summed E-state index contributed by atoms with van der Waals surface area (Å²) >= 11 is 1.44. The lowest BCUT2D eigenvalue weighted by Crippen LogP contribution is -2.36. The van der Waals surface area contributed by atoms with Gasteiger partial charge in [-0.3, -0.25) is 4.99 Å². The predicted molar refractivity (Wildman–Crippen MR) is 92.5 cm³/mol. The first-order valence-corrected chi connectivity index (χ1v) is 7.93. The molecule has 116 valence electrons. The molecule has 0 atom stereocenters. The first-order chi connectivity index (χ1) is 10.5. The van der Waals surface area contributed by atoms with Crippen LogP contribution in [0.3, 0.4) is 0 Å². The SMILES string of the molecule is C=Nc1ccc(/N=N/c2nnc(N(C(C)C)C(C)C)s2)cc1. The highest BCUT2D eigenvalue weighted by atomic mass is 32.1. The molecule has 1 heterocycles. The Morgan fingerprint density at radius 2 is 1.55 bits per heavy atom. The van der Waals surface area contributed by atoms with Gasteiger partial charge in [-0.25, -0.2) is 0 Å². The van der Waals surface area contributed by atoms with Crippen LogP contribution in [0.1, 0.15) is 27.7 Å². The number of aromatic nitrogens is 2. The lowest BCUT2D eigenvalue weighted by Gasteiger charge is -2.29. The molecule has 0 aliphatic carbocycles. The van der Waals surface area contributed by atoms with Crippen molar-refractivity contribution in [1.82, 2.24) is 10.2 Å². The van der Waals surface area contributed by atoms with Gasteiger partial charge in [0.15, 0.2) is 0 Å². The third kappa shape index (κ3) is 3.94. The molecule has 1 aromatic carbocycles. The fourth-order valence-electron chi connectivity index (χ4n) is 2.12. The van der Waals surface area contributed by atoms with E-state index in [1.54, 1.807) is 0 Å². The molecule has 0 aliphatic rings. The molecule has 1 aromatic heterocycles. The van der Waals surface area contributed by atoms with Crippen LogP contribution in [0.5, 0.6) is 0 Å². The summed E-state index contributed by atoms with van der Waals surface area (Å²) in [5.41, 5.74) is 1.55. The average molecular weight is 316 g/mol. The van der Waals surface area contributed by atoms with Crippen molar-refractivity contribution < 1.29 is 0 Å². The second-order valence-electron chi connectivity index (χ2n) is 5.34. The van der Waals surface area contributed by atoms with Gasteiger partial charge in [-0.05, 0) is 58.7 Å². The molecular weight excluding hydrogens is 296 g/mol. The smallest absolute Gasteiger partial charge is 0.253 e. The van der Waals surface area contributed by atoms with Crippen molar-refractivity contribution in [1.29, 1.82) is 0 Å². The summed E-state index contributed by atoms with van der Waals surface area (Å²) in [6.45, 7) is 12.0. The minimum absolute atomic E-state index is 0.358. The molecule has 0 N–H and O–H groups in total. The molecule has 0 unspecified atom stereocenters. The van der Waals surface area contributed by atoms with Gasteiger partial charge in [0.1, 0.15) is 0 Å². The minimum Gasteiger partial charge on any atom is -0.342 e. The fraction of sp³-hybridized carbons (Fsp3) is 0.400. The van der Waals surface area contributed by atoms with Crippen molar-refractivity contribution in [2.75, 3.05) is 4.90 Å². The number of anilines is 1. The van der Waals surface area contributed by atoms with Crippen molar-refractivity contribution >= 4 is 39.7 Å². The Hall–Kier alpha value is -2.15. The van der Waals surface area contributed by atoms with E-state index in [4.69, 9.17) is 0 Å². The standard InChI is InChI=1S/C15H20N6S/c1-10(2)21(11(3)4)15-20-19-14(22-15)18-17-13-8-6-12(16-5)7-9-13/h6-11H,5H2,1-4H3/b18-17+. The van der Waals surface area contributed by atoms with Crippen molar-refractivity contribution in [2.24, 2.45) is 15.2 Å². The number of azo groups is 1. The normalized spacial score (nSPS) is 11.5. The Bertz CT molecular complexity index is 636. The van der Waals surface area contributed by atoms with Gasteiger partial charge in [-0.2, -0.15) is 0 Å². The van der Waals surface area contributed by atoms with E-state index in [2.05, 4.69) is 64.7 Å². The summed E-state index contributed by atoms with van der Waals surface area (Å²) < 4.78 is 0. The van der Waals surface area contributed by atoms with Crippen LogP contribution < -0.4 is 4.90 Å². The molecule has 0 amide bonds. The highest BCUT2D eigenvalue weighted by molar-refractivity contribution is 7.18. The van der Waals surface area contributed by atoms with Crippen molar-refractivity contribution in [3.05, 3.63) is 24.3 Å². The zero-order valence-electron chi connectivity index (χ0n) is 13.3. The number of benzene rings is 1. The molecule has 0 saturated carbocycles. The van der Waals surface area contributed by atoms with Crippen LogP contribution in [0.25, 0.3) is 0 Å². The molecule has 0 fully saturated rings. The van der Waals surface area contributed by atoms with Gasteiger partial charge in [-0.15, -0.1) is 20.4 Å².